The molecule has 1 aromatic heterocycles. The minimum atomic E-state index is 0.399. The summed E-state index contributed by atoms with van der Waals surface area (Å²) in [5, 5.41) is 10.1. The largest absolute Gasteiger partial charge is 0.254 e. The summed E-state index contributed by atoms with van der Waals surface area (Å²) in [6, 6.07) is 5.89. The molecule has 0 bridgehead atoms. The minimum Gasteiger partial charge on any atom is -0.254 e. The lowest BCUT2D eigenvalue weighted by Crippen LogP contribution is -1.88. The Labute approximate surface area is 101 Å². The van der Waals surface area contributed by atoms with E-state index in [1.54, 1.807) is 0 Å². The number of rotatable bonds is 0. The van der Waals surface area contributed by atoms with E-state index in [1.165, 1.54) is 6.20 Å². The predicted octanol–water partition coefficient (Wildman–Crippen LogP) is 3.83. The number of halogens is 2. The van der Waals surface area contributed by atoms with Crippen LogP contribution in [0.15, 0.2) is 22.8 Å². The van der Waals surface area contributed by atoms with Crippen LogP contribution >= 0.6 is 27.5 Å². The molecular weight excluding hydrogens is 275 g/mol. The normalized spacial score (nSPS) is 10.3. The first-order chi connectivity index (χ1) is 7.15. The third-order valence-electron chi connectivity index (χ3n) is 2.23. The van der Waals surface area contributed by atoms with Crippen LogP contribution in [0, 0.1) is 18.3 Å². The molecule has 0 N–H and O–H groups in total. The van der Waals surface area contributed by atoms with Gasteiger partial charge in [0.1, 0.15) is 6.07 Å². The summed E-state index contributed by atoms with van der Waals surface area (Å²) in [4.78, 5) is 4.24. The van der Waals surface area contributed by atoms with E-state index >= 15 is 0 Å². The second-order valence-electron chi connectivity index (χ2n) is 3.19. The lowest BCUT2D eigenvalue weighted by molar-refractivity contribution is 1.34. The van der Waals surface area contributed by atoms with Gasteiger partial charge < -0.3 is 0 Å². The molecule has 0 radical (unpaired) electrons. The molecule has 0 aliphatic heterocycles. The molecule has 0 unspecified atom stereocenters. The van der Waals surface area contributed by atoms with Crippen molar-refractivity contribution in [2.45, 2.75) is 6.92 Å². The number of fused-ring (bicyclic) bond motifs is 1. The second-order valence-corrected chi connectivity index (χ2v) is 4.42. The van der Waals surface area contributed by atoms with E-state index in [9.17, 15) is 0 Å². The number of pyridine rings is 1. The first-order valence-electron chi connectivity index (χ1n) is 4.28. The fraction of sp³-hybridized carbons (Fsp3) is 0.0909. The molecule has 2 nitrogen and oxygen atoms in total. The molecule has 0 atom stereocenters. The number of nitrogens with zero attached hydrogens (tertiary/aromatic N) is 2. The number of benzene rings is 1. The van der Waals surface area contributed by atoms with Crippen molar-refractivity contribution in [3.05, 3.63) is 39.0 Å². The molecule has 2 aromatic rings. The first kappa shape index (κ1) is 10.4. The molecule has 4 heteroatoms. The highest BCUT2D eigenvalue weighted by Crippen LogP contribution is 2.33. The smallest absolute Gasteiger partial charge is 0.102 e. The molecule has 2 rings (SSSR count). The van der Waals surface area contributed by atoms with E-state index in [2.05, 4.69) is 20.9 Å². The number of hydrogen-bond donors (Lipinski definition) is 0. The highest BCUT2D eigenvalue weighted by atomic mass is 79.9. The zero-order chi connectivity index (χ0) is 11.0. The summed E-state index contributed by atoms with van der Waals surface area (Å²) >= 11 is 9.54. The van der Waals surface area contributed by atoms with E-state index < -0.39 is 0 Å². The number of nitriles is 1. The second kappa shape index (κ2) is 3.80. The van der Waals surface area contributed by atoms with Gasteiger partial charge >= 0.3 is 0 Å². The molecule has 0 saturated heterocycles. The fourth-order valence-electron chi connectivity index (χ4n) is 1.44. The molecule has 0 aliphatic rings. The van der Waals surface area contributed by atoms with E-state index in [0.717, 1.165) is 20.9 Å². The SMILES string of the molecule is Cc1ccc(Br)c2c(Cl)c(C#N)cnc12. The molecule has 0 spiro atoms. The molecule has 0 fully saturated rings. The van der Waals surface area contributed by atoms with Crippen LogP contribution in [0.5, 0.6) is 0 Å². The highest BCUT2D eigenvalue weighted by molar-refractivity contribution is 9.10. The molecule has 0 saturated carbocycles. The Kier molecular flexibility index (Phi) is 2.64. The number of aryl methyl sites for hydroxylation is 1. The molecule has 74 valence electrons. The van der Waals surface area contributed by atoms with Crippen molar-refractivity contribution in [2.75, 3.05) is 0 Å². The van der Waals surface area contributed by atoms with Crippen LogP contribution in [0.4, 0.5) is 0 Å². The zero-order valence-corrected chi connectivity index (χ0v) is 10.2. The number of aromatic nitrogens is 1. The van der Waals surface area contributed by atoms with Crippen LogP contribution in [-0.4, -0.2) is 4.98 Å². The molecule has 0 aliphatic carbocycles. The Hall–Kier alpha value is -1.11. The van der Waals surface area contributed by atoms with Gasteiger partial charge in [-0.2, -0.15) is 5.26 Å². The van der Waals surface area contributed by atoms with Crippen LogP contribution in [0.3, 0.4) is 0 Å². The van der Waals surface area contributed by atoms with E-state index in [-0.39, 0.29) is 0 Å². The van der Waals surface area contributed by atoms with Gasteiger partial charge in [-0.1, -0.05) is 33.6 Å². The first-order valence-corrected chi connectivity index (χ1v) is 5.45. The third kappa shape index (κ3) is 1.60. The summed E-state index contributed by atoms with van der Waals surface area (Å²) in [5.74, 6) is 0. The van der Waals surface area contributed by atoms with Gasteiger partial charge in [0.05, 0.1) is 16.1 Å². The quantitative estimate of drug-likeness (QED) is 0.736. The predicted molar refractivity (Wildman–Crippen MR) is 63.9 cm³/mol. The minimum absolute atomic E-state index is 0.399. The van der Waals surface area contributed by atoms with Crippen molar-refractivity contribution in [3.63, 3.8) is 0 Å². The van der Waals surface area contributed by atoms with Gasteiger partial charge in [-0.25, -0.2) is 0 Å². The van der Waals surface area contributed by atoms with Crippen LogP contribution in [-0.2, 0) is 0 Å². The zero-order valence-electron chi connectivity index (χ0n) is 7.88. The summed E-state index contributed by atoms with van der Waals surface area (Å²) in [7, 11) is 0. The van der Waals surface area contributed by atoms with Gasteiger partial charge in [0.25, 0.3) is 0 Å². The molecule has 1 heterocycles. The van der Waals surface area contributed by atoms with Crippen LogP contribution < -0.4 is 0 Å². The number of hydrogen-bond acceptors (Lipinski definition) is 2. The van der Waals surface area contributed by atoms with Crippen molar-refractivity contribution in [3.8, 4) is 6.07 Å². The summed E-state index contributed by atoms with van der Waals surface area (Å²) < 4.78 is 0.859. The van der Waals surface area contributed by atoms with Crippen LogP contribution in [0.2, 0.25) is 5.02 Å². The van der Waals surface area contributed by atoms with E-state index in [0.29, 0.717) is 10.6 Å². The summed E-state index contributed by atoms with van der Waals surface area (Å²) in [6.07, 6.45) is 1.50. The van der Waals surface area contributed by atoms with Crippen LogP contribution in [0.25, 0.3) is 10.9 Å². The van der Waals surface area contributed by atoms with Gasteiger partial charge in [0.15, 0.2) is 0 Å². The fourth-order valence-corrected chi connectivity index (χ4v) is 2.36. The van der Waals surface area contributed by atoms with Gasteiger partial charge in [-0.15, -0.1) is 0 Å². The van der Waals surface area contributed by atoms with Gasteiger partial charge in [0, 0.05) is 16.1 Å². The average molecular weight is 282 g/mol. The van der Waals surface area contributed by atoms with Crippen molar-refractivity contribution in [1.82, 2.24) is 4.98 Å². The van der Waals surface area contributed by atoms with E-state index in [4.69, 9.17) is 16.9 Å². The average Bonchev–Trinajstić information content (AvgIpc) is 2.23. The lowest BCUT2D eigenvalue weighted by atomic mass is 10.1. The van der Waals surface area contributed by atoms with Crippen molar-refractivity contribution in [2.24, 2.45) is 0 Å². The van der Waals surface area contributed by atoms with Crippen molar-refractivity contribution >= 4 is 38.4 Å². The Bertz CT molecular complexity index is 587. The van der Waals surface area contributed by atoms with Crippen molar-refractivity contribution in [1.29, 1.82) is 5.26 Å². The Morgan fingerprint density at radius 3 is 2.87 bits per heavy atom. The lowest BCUT2D eigenvalue weighted by Gasteiger charge is -2.06. The molecule has 0 amide bonds. The van der Waals surface area contributed by atoms with Gasteiger partial charge in [-0.05, 0) is 18.6 Å². The molecular formula is C11H6BrClN2. The summed E-state index contributed by atoms with van der Waals surface area (Å²) in [6.45, 7) is 1.96. The standard InChI is InChI=1S/C11H6BrClN2/c1-6-2-3-8(12)9-10(13)7(4-14)5-15-11(6)9/h2-3,5H,1H3. The Balaban J connectivity index is 3.00. The maximum absolute atomic E-state index is 8.85. The van der Waals surface area contributed by atoms with Gasteiger partial charge in [-0.3, -0.25) is 4.98 Å². The third-order valence-corrected chi connectivity index (χ3v) is 3.28. The molecule has 15 heavy (non-hydrogen) atoms. The monoisotopic (exact) mass is 280 g/mol. The topological polar surface area (TPSA) is 36.7 Å². The Morgan fingerprint density at radius 1 is 1.47 bits per heavy atom. The maximum atomic E-state index is 8.85. The highest BCUT2D eigenvalue weighted by Gasteiger charge is 2.10. The molecule has 1 aromatic carbocycles. The van der Waals surface area contributed by atoms with E-state index in [1.807, 2.05) is 25.1 Å². The Morgan fingerprint density at radius 2 is 2.20 bits per heavy atom. The van der Waals surface area contributed by atoms with Crippen LogP contribution in [0.1, 0.15) is 11.1 Å². The maximum Gasteiger partial charge on any atom is 0.102 e. The summed E-state index contributed by atoms with van der Waals surface area (Å²) in [5.41, 5.74) is 2.27. The van der Waals surface area contributed by atoms with Crippen molar-refractivity contribution < 1.29 is 0 Å². The van der Waals surface area contributed by atoms with Gasteiger partial charge in [0.2, 0.25) is 0 Å².